The highest BCUT2D eigenvalue weighted by Crippen LogP contribution is 2.37. The number of rotatable bonds is 8. The first-order valence-corrected chi connectivity index (χ1v) is 14.0. The summed E-state index contributed by atoms with van der Waals surface area (Å²) in [7, 11) is 1.88. The molecule has 38 heavy (non-hydrogen) atoms. The van der Waals surface area contributed by atoms with Crippen LogP contribution in [0.3, 0.4) is 0 Å². The van der Waals surface area contributed by atoms with Crippen LogP contribution in [0.25, 0.3) is 21.0 Å². The van der Waals surface area contributed by atoms with E-state index in [1.54, 1.807) is 36.5 Å². The van der Waals surface area contributed by atoms with Crippen molar-refractivity contribution in [3.8, 4) is 26.8 Å². The van der Waals surface area contributed by atoms with Crippen LogP contribution in [0.15, 0.2) is 77.8 Å². The van der Waals surface area contributed by atoms with Crippen LogP contribution in [-0.4, -0.2) is 33.3 Å². The molecule has 5 N–H and O–H groups in total. The lowest BCUT2D eigenvalue weighted by molar-refractivity contribution is 0.251. The number of hydrogen-bond acceptors (Lipinski definition) is 7. The fourth-order valence-corrected chi connectivity index (χ4v) is 5.93. The molecule has 0 aliphatic carbocycles. The maximum atomic E-state index is 13.4. The van der Waals surface area contributed by atoms with Crippen molar-refractivity contribution < 1.29 is 14.5 Å². The molecule has 0 aliphatic heterocycles. The van der Waals surface area contributed by atoms with Gasteiger partial charge in [0, 0.05) is 42.8 Å². The van der Waals surface area contributed by atoms with Gasteiger partial charge in [-0.1, -0.05) is 12.1 Å². The third-order valence-electron chi connectivity index (χ3n) is 5.39. The van der Waals surface area contributed by atoms with E-state index in [9.17, 15) is 14.5 Å². The Kier molecular flexibility index (Phi) is 8.58. The second-order valence-electron chi connectivity index (χ2n) is 9.67. The summed E-state index contributed by atoms with van der Waals surface area (Å²) in [5.74, 6) is 0.139. The molecule has 8 nitrogen and oxygen atoms in total. The first-order chi connectivity index (χ1) is 18.1. The maximum Gasteiger partial charge on any atom is 0.319 e. The highest BCUT2D eigenvalue weighted by Gasteiger charge is 2.26. The summed E-state index contributed by atoms with van der Waals surface area (Å²) < 4.78 is 16.5. The molecular formula is C28H31N5O3S2. The van der Waals surface area contributed by atoms with Crippen LogP contribution in [0.4, 0.5) is 16.2 Å². The number of amides is 2. The third-order valence-corrected chi connectivity index (χ3v) is 8.01. The summed E-state index contributed by atoms with van der Waals surface area (Å²) in [4.78, 5) is 18.6. The van der Waals surface area contributed by atoms with Crippen molar-refractivity contribution in [1.82, 2.24) is 15.0 Å². The van der Waals surface area contributed by atoms with E-state index in [2.05, 4.69) is 25.7 Å². The van der Waals surface area contributed by atoms with E-state index in [0.29, 0.717) is 10.6 Å². The number of hydrogen-bond donors (Lipinski definition) is 5. The number of phenols is 1. The first kappa shape index (κ1) is 27.5. The van der Waals surface area contributed by atoms with Crippen LogP contribution in [-0.2, 0) is 17.9 Å². The van der Waals surface area contributed by atoms with Crippen LogP contribution in [0.5, 0.6) is 5.75 Å². The maximum absolute atomic E-state index is 13.4. The van der Waals surface area contributed by atoms with E-state index in [0.717, 1.165) is 32.3 Å². The SMILES string of the molecule is CNc1ccc(-c2ncc(-c3ccc(NC(=O)NCc4cccc(O)c4)cc3[S+]([O-])NC(C)(C)C)s2)cc1. The molecule has 0 radical (unpaired) electrons. The minimum atomic E-state index is -1.54. The van der Waals surface area contributed by atoms with Crippen molar-refractivity contribution in [2.24, 2.45) is 0 Å². The minimum Gasteiger partial charge on any atom is -0.593 e. The molecule has 1 atom stereocenters. The summed E-state index contributed by atoms with van der Waals surface area (Å²) in [6.07, 6.45) is 1.79. The van der Waals surface area contributed by atoms with Crippen molar-refractivity contribution in [1.29, 1.82) is 0 Å². The Hall–Kier alpha value is -3.57. The Bertz CT molecular complexity index is 1400. The van der Waals surface area contributed by atoms with Gasteiger partial charge in [-0.25, -0.2) is 9.78 Å². The number of nitrogens with one attached hydrogen (secondary N) is 4. The molecule has 0 bridgehead atoms. The van der Waals surface area contributed by atoms with E-state index in [-0.39, 0.29) is 12.3 Å². The molecule has 4 rings (SSSR count). The highest BCUT2D eigenvalue weighted by molar-refractivity contribution is 7.89. The van der Waals surface area contributed by atoms with E-state index < -0.39 is 22.9 Å². The average molecular weight is 550 g/mol. The van der Waals surface area contributed by atoms with Crippen LogP contribution < -0.4 is 20.7 Å². The molecule has 198 valence electrons. The number of aromatic nitrogens is 1. The fourth-order valence-electron chi connectivity index (χ4n) is 3.63. The van der Waals surface area contributed by atoms with Gasteiger partial charge in [0.2, 0.25) is 0 Å². The van der Waals surface area contributed by atoms with E-state index in [1.807, 2.05) is 64.2 Å². The Morgan fingerprint density at radius 1 is 1.05 bits per heavy atom. The van der Waals surface area contributed by atoms with Gasteiger partial charge in [-0.3, -0.25) is 0 Å². The van der Waals surface area contributed by atoms with Gasteiger partial charge < -0.3 is 25.6 Å². The molecule has 0 saturated carbocycles. The zero-order valence-corrected chi connectivity index (χ0v) is 23.3. The zero-order valence-electron chi connectivity index (χ0n) is 21.7. The summed E-state index contributed by atoms with van der Waals surface area (Å²) in [6, 6.07) is 19.6. The summed E-state index contributed by atoms with van der Waals surface area (Å²) in [5.41, 5.74) is 3.68. The van der Waals surface area contributed by atoms with Crippen molar-refractivity contribution in [2.45, 2.75) is 37.8 Å². The molecule has 1 unspecified atom stereocenters. The van der Waals surface area contributed by atoms with Gasteiger partial charge in [0.25, 0.3) is 0 Å². The van der Waals surface area contributed by atoms with Gasteiger partial charge in [0.15, 0.2) is 4.90 Å². The van der Waals surface area contributed by atoms with E-state index >= 15 is 0 Å². The van der Waals surface area contributed by atoms with Crippen LogP contribution in [0.1, 0.15) is 26.3 Å². The summed E-state index contributed by atoms with van der Waals surface area (Å²) >= 11 is -0.0297. The molecule has 0 aliphatic rings. The lowest BCUT2D eigenvalue weighted by Crippen LogP contribution is -2.40. The predicted molar refractivity (Wildman–Crippen MR) is 156 cm³/mol. The van der Waals surface area contributed by atoms with Crippen molar-refractivity contribution in [3.05, 3.63) is 78.5 Å². The molecule has 0 fully saturated rings. The lowest BCUT2D eigenvalue weighted by atomic mass is 10.1. The average Bonchev–Trinajstić information content (AvgIpc) is 3.37. The quantitative estimate of drug-likeness (QED) is 0.173. The Balaban J connectivity index is 1.57. The van der Waals surface area contributed by atoms with Gasteiger partial charge in [-0.15, -0.1) is 16.1 Å². The molecule has 0 spiro atoms. The predicted octanol–water partition coefficient (Wildman–Crippen LogP) is 5.96. The number of thiazole rings is 1. The largest absolute Gasteiger partial charge is 0.593 e. The number of aromatic hydroxyl groups is 1. The van der Waals surface area contributed by atoms with E-state index in [4.69, 9.17) is 0 Å². The lowest BCUT2D eigenvalue weighted by Gasteiger charge is -2.23. The van der Waals surface area contributed by atoms with Gasteiger partial charge in [0.05, 0.1) is 27.3 Å². The monoisotopic (exact) mass is 549 g/mol. The highest BCUT2D eigenvalue weighted by atomic mass is 32.2. The van der Waals surface area contributed by atoms with E-state index in [1.165, 1.54) is 11.3 Å². The standard InChI is InChI=1S/C28H31N5O3S2/c1-28(2,3)33-38(36)25-15-21(32-27(35)31-16-18-6-5-7-22(34)14-18)12-13-23(25)24-17-30-26(37-24)19-8-10-20(29-4)11-9-19/h5-15,17,29,33-34H,16H2,1-4H3,(H2,31,32,35). The summed E-state index contributed by atoms with van der Waals surface area (Å²) in [6.45, 7) is 6.09. The Labute approximate surface area is 229 Å². The number of benzene rings is 3. The number of phenolic OH excluding ortho intramolecular Hbond substituents is 1. The number of carbonyl (C=O) groups excluding carboxylic acids is 1. The number of urea groups is 1. The number of nitrogens with zero attached hydrogens (tertiary/aromatic N) is 1. The van der Waals surface area contributed by atoms with Gasteiger partial charge in [0.1, 0.15) is 10.8 Å². The summed E-state index contributed by atoms with van der Waals surface area (Å²) in [5, 5.41) is 19.2. The van der Waals surface area contributed by atoms with Crippen LogP contribution in [0, 0.1) is 0 Å². The minimum absolute atomic E-state index is 0.139. The molecular weight excluding hydrogens is 518 g/mol. The fraction of sp³-hybridized carbons (Fsp3) is 0.214. The molecule has 10 heteroatoms. The second kappa shape index (κ2) is 11.9. The Morgan fingerprint density at radius 2 is 1.79 bits per heavy atom. The normalized spacial score (nSPS) is 12.1. The van der Waals surface area contributed by atoms with Crippen molar-refractivity contribution >= 4 is 40.1 Å². The first-order valence-electron chi connectivity index (χ1n) is 12.0. The van der Waals surface area contributed by atoms with Gasteiger partial charge in [-0.2, -0.15) is 0 Å². The molecule has 1 heterocycles. The third kappa shape index (κ3) is 7.26. The van der Waals surface area contributed by atoms with Gasteiger partial charge >= 0.3 is 6.03 Å². The number of carbonyl (C=O) groups is 1. The second-order valence-corrected chi connectivity index (χ2v) is 11.9. The molecule has 2 amide bonds. The van der Waals surface area contributed by atoms with Crippen molar-refractivity contribution in [2.75, 3.05) is 17.7 Å². The Morgan fingerprint density at radius 3 is 2.47 bits per heavy atom. The van der Waals surface area contributed by atoms with Crippen LogP contribution in [0.2, 0.25) is 0 Å². The van der Waals surface area contributed by atoms with Crippen LogP contribution >= 0.6 is 11.3 Å². The van der Waals surface area contributed by atoms with Crippen molar-refractivity contribution in [3.63, 3.8) is 0 Å². The molecule has 0 saturated heterocycles. The van der Waals surface area contributed by atoms with Gasteiger partial charge in [-0.05, 0) is 74.9 Å². The molecule has 3 aromatic carbocycles. The topological polar surface area (TPSA) is 121 Å². The molecule has 4 aromatic rings. The number of anilines is 2. The zero-order chi connectivity index (χ0) is 27.3. The molecule has 1 aromatic heterocycles. The smallest absolute Gasteiger partial charge is 0.319 e.